The van der Waals surface area contributed by atoms with E-state index in [1.165, 1.54) is 10.4 Å². The SMILES string of the molecule is NC(Cc1cccc(Br)c1)c1cccs1. The van der Waals surface area contributed by atoms with Crippen LogP contribution in [0.3, 0.4) is 0 Å². The molecule has 2 rings (SSSR count). The molecule has 2 N–H and O–H groups in total. The molecule has 1 heterocycles. The Morgan fingerprint density at radius 3 is 2.80 bits per heavy atom. The lowest BCUT2D eigenvalue weighted by molar-refractivity contribution is 0.736. The van der Waals surface area contributed by atoms with Crippen LogP contribution in [0.5, 0.6) is 0 Å². The standard InChI is InChI=1S/C12H12BrNS/c13-10-4-1-3-9(7-10)8-11(14)12-5-2-6-15-12/h1-7,11H,8,14H2. The van der Waals surface area contributed by atoms with E-state index in [1.54, 1.807) is 11.3 Å². The Morgan fingerprint density at radius 1 is 1.27 bits per heavy atom. The van der Waals surface area contributed by atoms with E-state index in [0.717, 1.165) is 10.9 Å². The van der Waals surface area contributed by atoms with E-state index in [2.05, 4.69) is 39.5 Å². The summed E-state index contributed by atoms with van der Waals surface area (Å²) in [6.45, 7) is 0. The molecule has 0 aliphatic heterocycles. The zero-order valence-corrected chi connectivity index (χ0v) is 10.6. The smallest absolute Gasteiger partial charge is 0.0430 e. The monoisotopic (exact) mass is 281 g/mol. The summed E-state index contributed by atoms with van der Waals surface area (Å²) in [6.07, 6.45) is 0.889. The van der Waals surface area contributed by atoms with Gasteiger partial charge >= 0.3 is 0 Å². The fourth-order valence-corrected chi connectivity index (χ4v) is 2.70. The summed E-state index contributed by atoms with van der Waals surface area (Å²) >= 11 is 5.18. The summed E-state index contributed by atoms with van der Waals surface area (Å²) in [5, 5.41) is 2.07. The lowest BCUT2D eigenvalue weighted by atomic mass is 10.1. The van der Waals surface area contributed by atoms with Gasteiger partial charge in [-0.1, -0.05) is 34.1 Å². The number of rotatable bonds is 3. The maximum atomic E-state index is 6.12. The fraction of sp³-hybridized carbons (Fsp3) is 0.167. The number of halogens is 1. The highest BCUT2D eigenvalue weighted by molar-refractivity contribution is 9.10. The van der Waals surface area contributed by atoms with Crippen LogP contribution in [0.4, 0.5) is 0 Å². The minimum absolute atomic E-state index is 0.110. The van der Waals surface area contributed by atoms with E-state index in [-0.39, 0.29) is 6.04 Å². The molecule has 0 spiro atoms. The summed E-state index contributed by atoms with van der Waals surface area (Å²) in [6, 6.07) is 12.5. The van der Waals surface area contributed by atoms with Gasteiger partial charge in [0, 0.05) is 15.4 Å². The van der Waals surface area contributed by atoms with Crippen molar-refractivity contribution in [3.63, 3.8) is 0 Å². The molecule has 0 radical (unpaired) electrons. The molecule has 2 aromatic rings. The Balaban J connectivity index is 2.09. The third-order valence-corrected chi connectivity index (χ3v) is 3.75. The molecule has 78 valence electrons. The van der Waals surface area contributed by atoms with Crippen LogP contribution in [0, 0.1) is 0 Å². The maximum Gasteiger partial charge on any atom is 0.0430 e. The van der Waals surface area contributed by atoms with Gasteiger partial charge in [-0.25, -0.2) is 0 Å². The summed E-state index contributed by atoms with van der Waals surface area (Å²) in [7, 11) is 0. The zero-order chi connectivity index (χ0) is 10.7. The Kier molecular flexibility index (Phi) is 3.57. The van der Waals surface area contributed by atoms with Gasteiger partial charge in [-0.2, -0.15) is 0 Å². The molecule has 1 aromatic carbocycles. The van der Waals surface area contributed by atoms with E-state index in [0.29, 0.717) is 0 Å². The number of thiophene rings is 1. The van der Waals surface area contributed by atoms with Crippen LogP contribution in [-0.2, 0) is 6.42 Å². The molecule has 0 fully saturated rings. The fourth-order valence-electron chi connectivity index (χ4n) is 1.52. The van der Waals surface area contributed by atoms with Crippen LogP contribution in [0.1, 0.15) is 16.5 Å². The molecule has 0 amide bonds. The van der Waals surface area contributed by atoms with Crippen molar-refractivity contribution >= 4 is 27.3 Å². The molecule has 1 unspecified atom stereocenters. The minimum Gasteiger partial charge on any atom is -0.323 e. The molecule has 1 atom stereocenters. The highest BCUT2D eigenvalue weighted by Crippen LogP contribution is 2.22. The molecule has 0 aliphatic carbocycles. The molecule has 0 bridgehead atoms. The van der Waals surface area contributed by atoms with Gasteiger partial charge in [0.1, 0.15) is 0 Å². The highest BCUT2D eigenvalue weighted by Gasteiger charge is 2.07. The van der Waals surface area contributed by atoms with Crippen molar-refractivity contribution in [2.45, 2.75) is 12.5 Å². The first-order valence-corrected chi connectivity index (χ1v) is 6.46. The van der Waals surface area contributed by atoms with Crippen molar-refractivity contribution in [2.24, 2.45) is 5.73 Å². The predicted molar refractivity (Wildman–Crippen MR) is 69.1 cm³/mol. The molecule has 15 heavy (non-hydrogen) atoms. The zero-order valence-electron chi connectivity index (χ0n) is 8.19. The molecule has 1 nitrogen and oxygen atoms in total. The molecule has 3 heteroatoms. The third kappa shape index (κ3) is 2.91. The van der Waals surface area contributed by atoms with Gasteiger partial charge in [-0.05, 0) is 35.6 Å². The average molecular weight is 282 g/mol. The highest BCUT2D eigenvalue weighted by atomic mass is 79.9. The summed E-state index contributed by atoms with van der Waals surface area (Å²) < 4.78 is 1.11. The van der Waals surface area contributed by atoms with Crippen molar-refractivity contribution in [1.29, 1.82) is 0 Å². The summed E-state index contributed by atoms with van der Waals surface area (Å²) in [5.41, 5.74) is 7.39. The Bertz CT molecular complexity index is 425. The van der Waals surface area contributed by atoms with Gasteiger partial charge in [0.15, 0.2) is 0 Å². The molecule has 0 saturated heterocycles. The largest absolute Gasteiger partial charge is 0.323 e. The Hall–Kier alpha value is -0.640. The van der Waals surface area contributed by atoms with Gasteiger partial charge in [-0.3, -0.25) is 0 Å². The quantitative estimate of drug-likeness (QED) is 0.911. The second-order valence-electron chi connectivity index (χ2n) is 3.46. The maximum absolute atomic E-state index is 6.12. The van der Waals surface area contributed by atoms with Gasteiger partial charge < -0.3 is 5.73 Å². The van der Waals surface area contributed by atoms with Gasteiger partial charge in [0.2, 0.25) is 0 Å². The molecule has 0 saturated carbocycles. The van der Waals surface area contributed by atoms with Crippen molar-refractivity contribution in [3.05, 3.63) is 56.7 Å². The van der Waals surface area contributed by atoms with E-state index in [4.69, 9.17) is 5.73 Å². The summed E-state index contributed by atoms with van der Waals surface area (Å²) in [4.78, 5) is 1.25. The molecular formula is C12H12BrNS. The minimum atomic E-state index is 0.110. The second kappa shape index (κ2) is 4.92. The number of hydrogen-bond donors (Lipinski definition) is 1. The van der Waals surface area contributed by atoms with Gasteiger partial charge in [-0.15, -0.1) is 11.3 Å². The third-order valence-electron chi connectivity index (χ3n) is 2.25. The predicted octanol–water partition coefficient (Wildman–Crippen LogP) is 3.75. The topological polar surface area (TPSA) is 26.0 Å². The number of benzene rings is 1. The molecule has 0 aliphatic rings. The number of nitrogens with two attached hydrogens (primary N) is 1. The molecular weight excluding hydrogens is 270 g/mol. The van der Waals surface area contributed by atoms with Crippen molar-refractivity contribution in [3.8, 4) is 0 Å². The van der Waals surface area contributed by atoms with E-state index < -0.39 is 0 Å². The van der Waals surface area contributed by atoms with Crippen molar-refractivity contribution in [1.82, 2.24) is 0 Å². The first kappa shape index (κ1) is 10.9. The Morgan fingerprint density at radius 2 is 2.13 bits per heavy atom. The first-order chi connectivity index (χ1) is 7.25. The molecule has 1 aromatic heterocycles. The van der Waals surface area contributed by atoms with Crippen molar-refractivity contribution in [2.75, 3.05) is 0 Å². The van der Waals surface area contributed by atoms with E-state index >= 15 is 0 Å². The lowest BCUT2D eigenvalue weighted by Crippen LogP contribution is -2.11. The van der Waals surface area contributed by atoms with E-state index in [9.17, 15) is 0 Å². The first-order valence-electron chi connectivity index (χ1n) is 4.79. The van der Waals surface area contributed by atoms with Crippen LogP contribution in [-0.4, -0.2) is 0 Å². The summed E-state index contributed by atoms with van der Waals surface area (Å²) in [5.74, 6) is 0. The normalized spacial score (nSPS) is 12.7. The van der Waals surface area contributed by atoms with Gasteiger partial charge in [0.05, 0.1) is 0 Å². The lowest BCUT2D eigenvalue weighted by Gasteiger charge is -2.09. The van der Waals surface area contributed by atoms with Crippen LogP contribution < -0.4 is 5.73 Å². The van der Waals surface area contributed by atoms with Crippen LogP contribution in [0.15, 0.2) is 46.3 Å². The number of hydrogen-bond acceptors (Lipinski definition) is 2. The second-order valence-corrected chi connectivity index (χ2v) is 5.35. The van der Waals surface area contributed by atoms with Crippen LogP contribution in [0.25, 0.3) is 0 Å². The van der Waals surface area contributed by atoms with Crippen LogP contribution in [0.2, 0.25) is 0 Å². The van der Waals surface area contributed by atoms with Crippen LogP contribution >= 0.6 is 27.3 Å². The van der Waals surface area contributed by atoms with E-state index in [1.807, 2.05) is 18.2 Å². The average Bonchev–Trinajstić information content (AvgIpc) is 2.70. The van der Waals surface area contributed by atoms with Crippen molar-refractivity contribution < 1.29 is 0 Å². The Labute approximate surface area is 102 Å². The van der Waals surface area contributed by atoms with Gasteiger partial charge in [0.25, 0.3) is 0 Å².